The Bertz CT molecular complexity index is 2020. The number of benzene rings is 4. The third kappa shape index (κ3) is 5.12. The number of carbonyl (C=O) groups is 3. The molecular weight excluding hydrogens is 618 g/mol. The number of carbonyl (C=O) groups excluding carboxylic acids is 3. The predicted octanol–water partition coefficient (Wildman–Crippen LogP) is 6.61. The van der Waals surface area contributed by atoms with Crippen LogP contribution in [0.5, 0.6) is 5.75 Å². The van der Waals surface area contributed by atoms with Gasteiger partial charge in [0.1, 0.15) is 24.4 Å². The van der Waals surface area contributed by atoms with Crippen LogP contribution in [-0.4, -0.2) is 72.2 Å². The second-order valence-corrected chi connectivity index (χ2v) is 12.9. The first-order valence-corrected chi connectivity index (χ1v) is 16.7. The lowest BCUT2D eigenvalue weighted by atomic mass is 9.87. The second kappa shape index (κ2) is 12.5. The molecule has 1 N–H and O–H groups in total. The van der Waals surface area contributed by atoms with E-state index in [1.807, 2.05) is 72.8 Å². The summed E-state index contributed by atoms with van der Waals surface area (Å²) >= 11 is 0. The molecule has 2 amide bonds. The number of fused-ring (bicyclic) bond motifs is 6. The summed E-state index contributed by atoms with van der Waals surface area (Å²) < 4.78 is 16.8. The molecule has 4 aromatic carbocycles. The Labute approximate surface area is 284 Å². The van der Waals surface area contributed by atoms with Gasteiger partial charge in [-0.1, -0.05) is 78.9 Å². The molecule has 1 aromatic heterocycles. The summed E-state index contributed by atoms with van der Waals surface area (Å²) in [6.45, 7) is 0.542. The summed E-state index contributed by atoms with van der Waals surface area (Å²) in [7, 11) is 2.95. The van der Waals surface area contributed by atoms with Crippen molar-refractivity contribution in [3.05, 3.63) is 125 Å². The van der Waals surface area contributed by atoms with E-state index in [0.717, 1.165) is 50.0 Å². The average Bonchev–Trinajstić information content (AvgIpc) is 3.87. The summed E-state index contributed by atoms with van der Waals surface area (Å²) in [6, 6.07) is 29.5. The van der Waals surface area contributed by atoms with E-state index in [1.54, 1.807) is 12.0 Å². The summed E-state index contributed by atoms with van der Waals surface area (Å²) in [5.74, 6) is -0.241. The van der Waals surface area contributed by atoms with Crippen molar-refractivity contribution < 1.29 is 28.6 Å². The van der Waals surface area contributed by atoms with E-state index in [-0.39, 0.29) is 24.9 Å². The van der Waals surface area contributed by atoms with Crippen molar-refractivity contribution in [2.45, 2.75) is 43.3 Å². The number of H-pyrrole nitrogens is 1. The molecule has 9 heteroatoms. The third-order valence-electron chi connectivity index (χ3n) is 10.4. The molecule has 1 aliphatic carbocycles. The van der Waals surface area contributed by atoms with Crippen molar-refractivity contribution in [2.75, 3.05) is 27.4 Å². The SMILES string of the molecule is COC(=O)[C@@H]1Cc2c([nH]c3ccccc23)[C@H](c2ccc(OC)cc2)N1C(=O)[C@@H]1CCCN1C(=O)OCC1c2ccccc2-c2ccccc21. The number of ether oxygens (including phenoxy) is 3. The molecule has 8 rings (SSSR count). The van der Waals surface area contributed by atoms with Gasteiger partial charge in [0.25, 0.3) is 0 Å². The molecule has 248 valence electrons. The van der Waals surface area contributed by atoms with Gasteiger partial charge in [0, 0.05) is 35.5 Å². The van der Waals surface area contributed by atoms with Gasteiger partial charge >= 0.3 is 12.1 Å². The first-order valence-electron chi connectivity index (χ1n) is 16.7. The van der Waals surface area contributed by atoms with Gasteiger partial charge in [0.2, 0.25) is 5.91 Å². The number of amides is 2. The van der Waals surface area contributed by atoms with Crippen LogP contribution in [0.3, 0.4) is 0 Å². The number of methoxy groups -OCH3 is 2. The van der Waals surface area contributed by atoms with Crippen molar-refractivity contribution in [1.82, 2.24) is 14.8 Å². The number of nitrogens with zero attached hydrogens (tertiary/aromatic N) is 2. The van der Waals surface area contributed by atoms with Gasteiger partial charge in [-0.25, -0.2) is 9.59 Å². The molecule has 5 aromatic rings. The minimum Gasteiger partial charge on any atom is -0.497 e. The molecular formula is C40H37N3O6. The monoisotopic (exact) mass is 655 g/mol. The van der Waals surface area contributed by atoms with Crippen molar-refractivity contribution in [3.63, 3.8) is 0 Å². The van der Waals surface area contributed by atoms with Gasteiger partial charge in [-0.3, -0.25) is 9.69 Å². The van der Waals surface area contributed by atoms with Crippen molar-refractivity contribution in [1.29, 1.82) is 0 Å². The minimum absolute atomic E-state index is 0.0983. The normalized spacial score (nSPS) is 19.7. The lowest BCUT2D eigenvalue weighted by molar-refractivity contribution is -0.156. The van der Waals surface area contributed by atoms with Crippen molar-refractivity contribution in [3.8, 4) is 16.9 Å². The zero-order chi connectivity index (χ0) is 33.6. The van der Waals surface area contributed by atoms with Gasteiger partial charge < -0.3 is 24.1 Å². The number of esters is 1. The number of hydrogen-bond donors (Lipinski definition) is 1. The van der Waals surface area contributed by atoms with Gasteiger partial charge in [0.05, 0.1) is 20.3 Å². The fraction of sp³-hybridized carbons (Fsp3) is 0.275. The molecule has 1 saturated heterocycles. The summed E-state index contributed by atoms with van der Waals surface area (Å²) in [4.78, 5) is 49.0. The Morgan fingerprint density at radius 2 is 1.49 bits per heavy atom. The molecule has 0 spiro atoms. The van der Waals surface area contributed by atoms with E-state index in [1.165, 1.54) is 12.0 Å². The van der Waals surface area contributed by atoms with Gasteiger partial charge in [-0.15, -0.1) is 0 Å². The van der Waals surface area contributed by atoms with Crippen LogP contribution in [0.4, 0.5) is 4.79 Å². The Morgan fingerprint density at radius 1 is 0.816 bits per heavy atom. The molecule has 3 atom stereocenters. The maximum atomic E-state index is 14.9. The number of nitrogens with one attached hydrogen (secondary N) is 1. The maximum absolute atomic E-state index is 14.9. The highest BCUT2D eigenvalue weighted by molar-refractivity contribution is 5.94. The van der Waals surface area contributed by atoms with Crippen LogP contribution in [0.15, 0.2) is 97.1 Å². The molecule has 49 heavy (non-hydrogen) atoms. The van der Waals surface area contributed by atoms with Gasteiger partial charge in [-0.05, 0) is 64.4 Å². The van der Waals surface area contributed by atoms with Crippen LogP contribution >= 0.6 is 0 Å². The highest BCUT2D eigenvalue weighted by Crippen LogP contribution is 2.45. The Kier molecular flexibility index (Phi) is 7.82. The number of hydrogen-bond acceptors (Lipinski definition) is 6. The van der Waals surface area contributed by atoms with Crippen LogP contribution < -0.4 is 4.74 Å². The lowest BCUT2D eigenvalue weighted by Gasteiger charge is -2.43. The third-order valence-corrected chi connectivity index (χ3v) is 10.4. The quantitative estimate of drug-likeness (QED) is 0.207. The average molecular weight is 656 g/mol. The smallest absolute Gasteiger partial charge is 0.410 e. The molecule has 3 aliphatic rings. The molecule has 0 unspecified atom stereocenters. The number of rotatable bonds is 6. The highest BCUT2D eigenvalue weighted by Gasteiger charge is 2.48. The van der Waals surface area contributed by atoms with E-state index in [4.69, 9.17) is 14.2 Å². The van der Waals surface area contributed by atoms with Crippen molar-refractivity contribution >= 4 is 28.9 Å². The number of para-hydroxylation sites is 1. The summed E-state index contributed by atoms with van der Waals surface area (Å²) in [5, 5.41) is 0.998. The number of aromatic nitrogens is 1. The topological polar surface area (TPSA) is 101 Å². The highest BCUT2D eigenvalue weighted by atomic mass is 16.6. The van der Waals surface area contributed by atoms with Gasteiger partial charge in [0.15, 0.2) is 0 Å². The standard InChI is InChI=1S/C40H37N3O6/c1-47-25-19-17-24(18-20-25)37-36-31(30-14-7-8-15-33(30)41-36)22-35(39(45)48-2)43(37)38(44)34-16-9-21-42(34)40(46)49-23-32-28-12-5-3-10-26(28)27-11-4-6-13-29(27)32/h3-8,10-15,17-20,32,34-35,37,41H,9,16,21-23H2,1-2H3/t34-,35-,37-/m0/s1. The van der Waals surface area contributed by atoms with Crippen LogP contribution in [-0.2, 0) is 25.5 Å². The van der Waals surface area contributed by atoms with Crippen LogP contribution in [0.1, 0.15) is 52.7 Å². The fourth-order valence-corrected chi connectivity index (χ4v) is 8.10. The zero-order valence-corrected chi connectivity index (χ0v) is 27.4. The Balaban J connectivity index is 1.12. The fourth-order valence-electron chi connectivity index (χ4n) is 8.10. The largest absolute Gasteiger partial charge is 0.497 e. The van der Waals surface area contributed by atoms with E-state index < -0.39 is 30.2 Å². The van der Waals surface area contributed by atoms with Gasteiger partial charge in [-0.2, -0.15) is 0 Å². The summed E-state index contributed by atoms with van der Waals surface area (Å²) in [5.41, 5.74) is 8.07. The molecule has 3 heterocycles. The van der Waals surface area contributed by atoms with E-state index >= 15 is 0 Å². The Morgan fingerprint density at radius 3 is 2.18 bits per heavy atom. The van der Waals surface area contributed by atoms with E-state index in [9.17, 15) is 14.4 Å². The molecule has 0 saturated carbocycles. The lowest BCUT2D eigenvalue weighted by Crippen LogP contribution is -2.57. The number of likely N-dealkylation sites (tertiary alicyclic amines) is 1. The van der Waals surface area contributed by atoms with Crippen LogP contribution in [0.25, 0.3) is 22.0 Å². The first-order chi connectivity index (χ1) is 24.0. The van der Waals surface area contributed by atoms with E-state index in [2.05, 4.69) is 29.2 Å². The van der Waals surface area contributed by atoms with E-state index in [0.29, 0.717) is 25.1 Å². The molecule has 9 nitrogen and oxygen atoms in total. The zero-order valence-electron chi connectivity index (χ0n) is 27.4. The predicted molar refractivity (Wildman–Crippen MR) is 184 cm³/mol. The first kappa shape index (κ1) is 30.7. The second-order valence-electron chi connectivity index (χ2n) is 12.9. The molecule has 1 fully saturated rings. The number of aromatic amines is 1. The molecule has 2 aliphatic heterocycles. The van der Waals surface area contributed by atoms with Crippen molar-refractivity contribution in [2.24, 2.45) is 0 Å². The molecule has 0 bridgehead atoms. The van der Waals surface area contributed by atoms with Crippen LogP contribution in [0.2, 0.25) is 0 Å². The van der Waals surface area contributed by atoms with Crippen LogP contribution in [0, 0.1) is 0 Å². The molecule has 0 radical (unpaired) electrons. The summed E-state index contributed by atoms with van der Waals surface area (Å²) in [6.07, 6.45) is 0.851. The minimum atomic E-state index is -0.902. The maximum Gasteiger partial charge on any atom is 0.410 e. The Hall–Kier alpha value is -5.57.